The van der Waals surface area contributed by atoms with Crippen molar-refractivity contribution in [2.24, 2.45) is 0 Å². The lowest BCUT2D eigenvalue weighted by molar-refractivity contribution is -0.136. The predicted molar refractivity (Wildman–Crippen MR) is 121 cm³/mol. The topological polar surface area (TPSA) is 57.6 Å². The molecule has 3 aromatic rings. The van der Waals surface area contributed by atoms with Gasteiger partial charge >= 0.3 is 0 Å². The highest BCUT2D eigenvalue weighted by atomic mass is 127. The number of ketones is 1. The number of Topliss-reactive ketones (excluding diaryl/α,β-unsaturated/α-hetero) is 1. The first kappa shape index (κ1) is 19.8. The van der Waals surface area contributed by atoms with E-state index in [1.807, 2.05) is 55.5 Å². The molecule has 146 valence electrons. The number of carbonyl (C=O) groups is 2. The molecule has 0 saturated heterocycles. The van der Waals surface area contributed by atoms with Crippen molar-refractivity contribution in [3.63, 3.8) is 0 Å². The molecule has 0 aliphatic carbocycles. The fraction of sp³-hybridized carbons (Fsp3) is 0.167. The van der Waals surface area contributed by atoms with E-state index in [1.54, 1.807) is 29.2 Å². The average Bonchev–Trinajstić information content (AvgIpc) is 2.92. The molecule has 1 amide bonds. The first-order valence-electron chi connectivity index (χ1n) is 9.37. The number of anilines is 1. The van der Waals surface area contributed by atoms with Crippen LogP contribution in [0, 0.1) is 10.5 Å². The second-order valence-corrected chi connectivity index (χ2v) is 8.61. The Hall–Kier alpha value is -2.51. The minimum atomic E-state index is -1.86. The van der Waals surface area contributed by atoms with E-state index < -0.39 is 11.5 Å². The lowest BCUT2D eigenvalue weighted by atomic mass is 9.88. The number of rotatable bonds is 5. The number of carbonyl (C=O) groups excluding carboxylic acids is 2. The molecule has 0 aromatic heterocycles. The second kappa shape index (κ2) is 7.72. The Balaban J connectivity index is 1.66. The standard InChI is InChI=1S/C24H20INO3/c1-16-6-8-17(9-7-16)15-26-21-5-3-2-4-20(21)24(29,23(26)28)14-22(27)18-10-12-19(25)13-11-18/h2-13,29H,14-15H2,1H3/t24-/m1/s1. The molecule has 4 rings (SSSR count). The Morgan fingerprint density at radius 1 is 1.00 bits per heavy atom. The van der Waals surface area contributed by atoms with E-state index in [4.69, 9.17) is 0 Å². The molecule has 3 aromatic carbocycles. The second-order valence-electron chi connectivity index (χ2n) is 7.36. The smallest absolute Gasteiger partial charge is 0.264 e. The zero-order chi connectivity index (χ0) is 20.6. The minimum absolute atomic E-state index is 0.260. The molecule has 1 aliphatic rings. The van der Waals surface area contributed by atoms with E-state index in [0.29, 0.717) is 23.4 Å². The molecule has 5 heteroatoms. The highest BCUT2D eigenvalue weighted by Crippen LogP contribution is 2.43. The fourth-order valence-corrected chi connectivity index (χ4v) is 4.04. The van der Waals surface area contributed by atoms with Crippen LogP contribution in [0.1, 0.15) is 33.5 Å². The molecule has 1 N–H and O–H groups in total. The van der Waals surface area contributed by atoms with Gasteiger partial charge in [0.2, 0.25) is 0 Å². The minimum Gasteiger partial charge on any atom is -0.375 e. The molecule has 0 bridgehead atoms. The van der Waals surface area contributed by atoms with E-state index in [1.165, 1.54) is 0 Å². The number of benzene rings is 3. The number of aryl methyl sites for hydroxylation is 1. The van der Waals surface area contributed by atoms with Crippen LogP contribution in [0.3, 0.4) is 0 Å². The van der Waals surface area contributed by atoms with Crippen molar-refractivity contribution in [3.8, 4) is 0 Å². The van der Waals surface area contributed by atoms with Crippen LogP contribution in [0.25, 0.3) is 0 Å². The third-order valence-electron chi connectivity index (χ3n) is 5.28. The van der Waals surface area contributed by atoms with Gasteiger partial charge in [-0.25, -0.2) is 0 Å². The largest absolute Gasteiger partial charge is 0.375 e. The van der Waals surface area contributed by atoms with Crippen molar-refractivity contribution in [2.75, 3.05) is 4.90 Å². The summed E-state index contributed by atoms with van der Waals surface area (Å²) in [5, 5.41) is 11.4. The lowest BCUT2D eigenvalue weighted by Crippen LogP contribution is -2.41. The maximum absolute atomic E-state index is 13.3. The zero-order valence-corrected chi connectivity index (χ0v) is 18.1. The summed E-state index contributed by atoms with van der Waals surface area (Å²) < 4.78 is 1.02. The molecule has 1 heterocycles. The summed E-state index contributed by atoms with van der Waals surface area (Å²) >= 11 is 2.17. The van der Waals surface area contributed by atoms with Crippen LogP contribution in [0.5, 0.6) is 0 Å². The molecule has 1 atom stereocenters. The Labute approximate surface area is 183 Å². The number of aliphatic hydroxyl groups is 1. The number of halogens is 1. The van der Waals surface area contributed by atoms with E-state index >= 15 is 0 Å². The lowest BCUT2D eigenvalue weighted by Gasteiger charge is -2.23. The van der Waals surface area contributed by atoms with Gasteiger partial charge < -0.3 is 10.0 Å². The van der Waals surface area contributed by atoms with Crippen molar-refractivity contribution in [1.82, 2.24) is 0 Å². The monoisotopic (exact) mass is 497 g/mol. The van der Waals surface area contributed by atoms with Gasteiger partial charge in [0.1, 0.15) is 0 Å². The number of para-hydroxylation sites is 1. The van der Waals surface area contributed by atoms with Crippen LogP contribution in [-0.4, -0.2) is 16.8 Å². The van der Waals surface area contributed by atoms with Gasteiger partial charge in [0, 0.05) is 14.7 Å². The summed E-state index contributed by atoms with van der Waals surface area (Å²) in [7, 11) is 0. The van der Waals surface area contributed by atoms with E-state index in [0.717, 1.165) is 14.7 Å². The van der Waals surface area contributed by atoms with Gasteiger partial charge in [-0.15, -0.1) is 0 Å². The number of fused-ring (bicyclic) bond motifs is 1. The third kappa shape index (κ3) is 3.72. The number of hydrogen-bond acceptors (Lipinski definition) is 3. The number of amides is 1. The highest BCUT2D eigenvalue weighted by molar-refractivity contribution is 14.1. The van der Waals surface area contributed by atoms with Crippen LogP contribution in [0.4, 0.5) is 5.69 Å². The van der Waals surface area contributed by atoms with Gasteiger partial charge in [-0.05, 0) is 53.3 Å². The Bertz CT molecular complexity index is 1080. The van der Waals surface area contributed by atoms with Gasteiger partial charge in [-0.3, -0.25) is 9.59 Å². The van der Waals surface area contributed by atoms with Gasteiger partial charge in [0.05, 0.1) is 18.7 Å². The molecule has 0 fully saturated rings. The first-order chi connectivity index (χ1) is 13.9. The Kier molecular flexibility index (Phi) is 5.27. The SMILES string of the molecule is Cc1ccc(CN2C(=O)[C@@](O)(CC(=O)c3ccc(I)cc3)c3ccccc32)cc1. The summed E-state index contributed by atoms with van der Waals surface area (Å²) in [6, 6.07) is 22.2. The van der Waals surface area contributed by atoms with Crippen molar-refractivity contribution in [1.29, 1.82) is 0 Å². The maximum atomic E-state index is 13.3. The van der Waals surface area contributed by atoms with Crippen LogP contribution in [0.2, 0.25) is 0 Å². The van der Waals surface area contributed by atoms with Crippen molar-refractivity contribution in [2.45, 2.75) is 25.5 Å². The molecular weight excluding hydrogens is 477 g/mol. The summed E-state index contributed by atoms with van der Waals surface area (Å²) in [4.78, 5) is 27.7. The molecule has 0 unspecified atom stereocenters. The predicted octanol–water partition coefficient (Wildman–Crippen LogP) is 4.61. The van der Waals surface area contributed by atoms with Crippen molar-refractivity contribution < 1.29 is 14.7 Å². The first-order valence-corrected chi connectivity index (χ1v) is 10.4. The Morgan fingerprint density at radius 3 is 2.34 bits per heavy atom. The Morgan fingerprint density at radius 2 is 1.66 bits per heavy atom. The van der Waals surface area contributed by atoms with E-state index in [2.05, 4.69) is 22.6 Å². The molecule has 0 radical (unpaired) electrons. The normalized spacial score (nSPS) is 18.0. The molecular formula is C24H20INO3. The molecule has 0 spiro atoms. The highest BCUT2D eigenvalue weighted by Gasteiger charge is 2.50. The quantitative estimate of drug-likeness (QED) is 0.414. The van der Waals surface area contributed by atoms with Crippen LogP contribution >= 0.6 is 22.6 Å². The average molecular weight is 497 g/mol. The van der Waals surface area contributed by atoms with Crippen molar-refractivity contribution in [3.05, 3.63) is 98.6 Å². The summed E-state index contributed by atoms with van der Waals surface area (Å²) in [6.07, 6.45) is -0.284. The maximum Gasteiger partial charge on any atom is 0.264 e. The van der Waals surface area contributed by atoms with Crippen LogP contribution in [0.15, 0.2) is 72.8 Å². The molecule has 1 aliphatic heterocycles. The van der Waals surface area contributed by atoms with Gasteiger partial charge in [-0.1, -0.05) is 60.2 Å². The number of hydrogen-bond donors (Lipinski definition) is 1. The zero-order valence-electron chi connectivity index (χ0n) is 15.9. The molecule has 0 saturated carbocycles. The van der Waals surface area contributed by atoms with Crippen LogP contribution < -0.4 is 4.90 Å². The molecule has 4 nitrogen and oxygen atoms in total. The van der Waals surface area contributed by atoms with Gasteiger partial charge in [0.25, 0.3) is 5.91 Å². The number of nitrogens with zero attached hydrogens (tertiary/aromatic N) is 1. The van der Waals surface area contributed by atoms with E-state index in [-0.39, 0.29) is 12.2 Å². The van der Waals surface area contributed by atoms with Crippen molar-refractivity contribution >= 4 is 40.0 Å². The van der Waals surface area contributed by atoms with Gasteiger partial charge in [-0.2, -0.15) is 0 Å². The summed E-state index contributed by atoms with van der Waals surface area (Å²) in [6.45, 7) is 2.35. The summed E-state index contributed by atoms with van der Waals surface area (Å²) in [5.74, 6) is -0.720. The summed E-state index contributed by atoms with van der Waals surface area (Å²) in [5.41, 5.74) is 1.86. The fourth-order valence-electron chi connectivity index (χ4n) is 3.68. The van der Waals surface area contributed by atoms with E-state index in [9.17, 15) is 14.7 Å². The van der Waals surface area contributed by atoms with Crippen LogP contribution in [-0.2, 0) is 16.9 Å². The third-order valence-corrected chi connectivity index (χ3v) is 6.00. The van der Waals surface area contributed by atoms with Gasteiger partial charge in [0.15, 0.2) is 11.4 Å². The molecule has 29 heavy (non-hydrogen) atoms.